The maximum absolute atomic E-state index is 13.2. The number of oxime groups is 1. The first kappa shape index (κ1) is 33.9. The number of thiocarbonyl (C=S) groups is 1. The molecule has 44 heavy (non-hydrogen) atoms. The average molecular weight is 649 g/mol. The van der Waals surface area contributed by atoms with Gasteiger partial charge in [0.2, 0.25) is 0 Å². The van der Waals surface area contributed by atoms with Crippen LogP contribution in [0, 0.1) is 0 Å². The number of ether oxygens (including phenoxy) is 2. The van der Waals surface area contributed by atoms with Gasteiger partial charge >= 0.3 is 12.4 Å². The normalized spacial score (nSPS) is 17.8. The van der Waals surface area contributed by atoms with Crippen LogP contribution in [-0.4, -0.2) is 86.2 Å². The Labute approximate surface area is 256 Å². The maximum atomic E-state index is 13.2. The van der Waals surface area contributed by atoms with E-state index in [0.29, 0.717) is 67.0 Å². The van der Waals surface area contributed by atoms with Crippen LogP contribution in [0.25, 0.3) is 0 Å². The van der Waals surface area contributed by atoms with Gasteiger partial charge in [-0.05, 0) is 67.9 Å². The Balaban J connectivity index is 1.39. The lowest BCUT2D eigenvalue weighted by molar-refractivity contribution is -0.143. The minimum Gasteiger partial charge on any atom is -0.486 e. The van der Waals surface area contributed by atoms with E-state index in [-0.39, 0.29) is 24.3 Å². The smallest absolute Gasteiger partial charge is 0.416 e. The average Bonchev–Trinajstić information content (AvgIpc) is 2.99. The van der Waals surface area contributed by atoms with Crippen LogP contribution in [0.3, 0.4) is 0 Å². The zero-order valence-electron chi connectivity index (χ0n) is 24.0. The second kappa shape index (κ2) is 15.3. The topological polar surface area (TPSA) is 67.8 Å². The molecule has 2 aliphatic heterocycles. The molecule has 0 unspecified atom stereocenters. The predicted octanol–water partition coefficient (Wildman–Crippen LogP) is 5.30. The molecule has 0 spiro atoms. The molecule has 15 heteroatoms. The highest BCUT2D eigenvalue weighted by molar-refractivity contribution is 7.80. The fourth-order valence-corrected chi connectivity index (χ4v) is 4.71. The lowest BCUT2D eigenvalue weighted by Crippen LogP contribution is -2.39. The molecule has 2 aromatic rings. The first-order valence-corrected chi connectivity index (χ1v) is 14.4. The van der Waals surface area contributed by atoms with Gasteiger partial charge in [-0.3, -0.25) is 15.2 Å². The van der Waals surface area contributed by atoms with Gasteiger partial charge in [0.05, 0.1) is 30.4 Å². The maximum Gasteiger partial charge on any atom is 0.416 e. The van der Waals surface area contributed by atoms with Crippen molar-refractivity contribution in [2.24, 2.45) is 5.16 Å². The Hall–Kier alpha value is -2.98. The number of nitrogens with zero attached hydrogens (tertiary/aromatic N) is 3. The Morgan fingerprint density at radius 3 is 2.16 bits per heavy atom. The Morgan fingerprint density at radius 1 is 0.955 bits per heavy atom. The third-order valence-electron chi connectivity index (χ3n) is 7.09. The molecule has 0 bridgehead atoms. The summed E-state index contributed by atoms with van der Waals surface area (Å²) in [5.74, 6) is 0.521. The van der Waals surface area contributed by atoms with E-state index in [1.165, 1.54) is 0 Å². The van der Waals surface area contributed by atoms with Gasteiger partial charge in [-0.15, -0.1) is 0 Å². The van der Waals surface area contributed by atoms with Crippen molar-refractivity contribution in [2.75, 3.05) is 59.6 Å². The van der Waals surface area contributed by atoms with E-state index in [1.807, 2.05) is 0 Å². The van der Waals surface area contributed by atoms with Crippen molar-refractivity contribution < 1.29 is 45.5 Å². The van der Waals surface area contributed by atoms with Crippen LogP contribution in [0.4, 0.5) is 26.3 Å². The highest BCUT2D eigenvalue weighted by Gasteiger charge is 2.37. The molecule has 2 saturated heterocycles. The fourth-order valence-electron chi connectivity index (χ4n) is 4.61. The number of rotatable bonds is 11. The van der Waals surface area contributed by atoms with Crippen LogP contribution < -0.4 is 10.2 Å². The number of alkyl halides is 6. The first-order chi connectivity index (χ1) is 20.9. The largest absolute Gasteiger partial charge is 0.486 e. The van der Waals surface area contributed by atoms with Crippen LogP contribution in [0.2, 0.25) is 0 Å². The molecule has 8 nitrogen and oxygen atoms in total. The molecule has 0 amide bonds. The number of piperidine rings is 1. The van der Waals surface area contributed by atoms with Gasteiger partial charge in [-0.2, -0.15) is 26.3 Å². The van der Waals surface area contributed by atoms with Crippen molar-refractivity contribution >= 4 is 22.9 Å². The third-order valence-corrected chi connectivity index (χ3v) is 7.29. The molecule has 0 radical (unpaired) electrons. The van der Waals surface area contributed by atoms with Gasteiger partial charge < -0.3 is 19.2 Å². The molecule has 0 atom stereocenters. The van der Waals surface area contributed by atoms with Crippen LogP contribution >= 0.6 is 12.2 Å². The number of benzene rings is 2. The highest BCUT2D eigenvalue weighted by Crippen LogP contribution is 2.36. The summed E-state index contributed by atoms with van der Waals surface area (Å²) < 4.78 is 90.6. The molecule has 4 rings (SSSR count). The summed E-state index contributed by atoms with van der Waals surface area (Å²) in [6, 6.07) is 8.18. The van der Waals surface area contributed by atoms with Crippen LogP contribution in [0.15, 0.2) is 47.6 Å². The molecule has 0 aliphatic carbocycles. The van der Waals surface area contributed by atoms with Gasteiger partial charge in [-0.25, -0.2) is 0 Å². The van der Waals surface area contributed by atoms with Gasteiger partial charge in [0.1, 0.15) is 29.7 Å². The number of hydrogen-bond acceptors (Lipinski definition) is 8. The highest BCUT2D eigenvalue weighted by atomic mass is 32.1. The van der Waals surface area contributed by atoms with E-state index in [4.69, 9.17) is 31.4 Å². The summed E-state index contributed by atoms with van der Waals surface area (Å²) in [5.41, 5.74) is 0.714. The molecule has 0 saturated carbocycles. The van der Waals surface area contributed by atoms with Crippen molar-refractivity contribution in [2.45, 2.75) is 37.9 Å². The zero-order valence-corrected chi connectivity index (χ0v) is 24.9. The van der Waals surface area contributed by atoms with Crippen LogP contribution in [0.5, 0.6) is 5.75 Å². The summed E-state index contributed by atoms with van der Waals surface area (Å²) in [6.07, 6.45) is -8.02. The van der Waals surface area contributed by atoms with Crippen molar-refractivity contribution in [3.63, 3.8) is 0 Å². The van der Waals surface area contributed by atoms with Crippen molar-refractivity contribution in [3.8, 4) is 5.75 Å². The van der Waals surface area contributed by atoms with Gasteiger partial charge in [-0.1, -0.05) is 17.4 Å². The van der Waals surface area contributed by atoms with Crippen molar-refractivity contribution in [1.29, 1.82) is 0 Å². The Kier molecular flexibility index (Phi) is 11.8. The van der Waals surface area contributed by atoms with E-state index in [0.717, 1.165) is 25.9 Å². The summed E-state index contributed by atoms with van der Waals surface area (Å²) in [7, 11) is 2.06. The minimum absolute atomic E-state index is 0.0751. The molecule has 2 aliphatic rings. The molecule has 0 aromatic heterocycles. The minimum atomic E-state index is -4.95. The van der Waals surface area contributed by atoms with E-state index >= 15 is 0 Å². The van der Waals surface area contributed by atoms with Crippen LogP contribution in [-0.2, 0) is 33.4 Å². The van der Waals surface area contributed by atoms with Crippen LogP contribution in [0.1, 0.15) is 35.1 Å². The number of likely N-dealkylation sites (tertiary alicyclic amines) is 1. The second-order valence-corrected chi connectivity index (χ2v) is 11.1. The summed E-state index contributed by atoms with van der Waals surface area (Å²) >= 11 is 5.30. The zero-order chi connectivity index (χ0) is 31.7. The lowest BCUT2D eigenvalue weighted by atomic mass is 10.1. The monoisotopic (exact) mass is 648 g/mol. The molecule has 1 N–H and O–H groups in total. The Bertz CT molecular complexity index is 1230. The standard InChI is InChI=1S/C29H34F6N4O4S/c1-38-8-6-25(7-9-38)43-37-27(44)19-41-24-4-2-21(3-5-24)26(17-39-10-12-40-13-11-39)36-42-18-20-14-22(28(30,31)32)16-23(15-20)29(33,34)35/h2-5,14-16,25H,6-13,17-19H2,1H3,(H,37,44). The van der Waals surface area contributed by atoms with E-state index in [9.17, 15) is 26.3 Å². The van der Waals surface area contributed by atoms with Gasteiger partial charge in [0, 0.05) is 38.3 Å². The number of halogens is 6. The summed E-state index contributed by atoms with van der Waals surface area (Å²) in [4.78, 5) is 15.7. The SMILES string of the molecule is CN1CCC(ONC(=S)COc2ccc(C(CN3CCOCC3)=NOCc3cc(C(F)(F)F)cc(C(F)(F)F)c3)cc2)CC1. The number of hydrogen-bond donors (Lipinski definition) is 1. The number of morpholine rings is 1. The lowest BCUT2D eigenvalue weighted by Gasteiger charge is -2.28. The molecular weight excluding hydrogens is 614 g/mol. The summed E-state index contributed by atoms with van der Waals surface area (Å²) in [6.45, 7) is 3.99. The quantitative estimate of drug-likeness (QED) is 0.153. The molecule has 242 valence electrons. The fraction of sp³-hybridized carbons (Fsp3) is 0.517. The molecule has 2 aromatic carbocycles. The van der Waals surface area contributed by atoms with Crippen molar-refractivity contribution in [1.82, 2.24) is 15.3 Å². The molecular formula is C29H34F6N4O4S. The molecule has 2 fully saturated rings. The molecule has 2 heterocycles. The van der Waals surface area contributed by atoms with E-state index < -0.39 is 30.1 Å². The van der Waals surface area contributed by atoms with Gasteiger partial charge in [0.25, 0.3) is 0 Å². The number of hydroxylamine groups is 1. The third kappa shape index (κ3) is 10.6. The second-order valence-electron chi connectivity index (χ2n) is 10.6. The summed E-state index contributed by atoms with van der Waals surface area (Å²) in [5, 5.41) is 4.12. The Morgan fingerprint density at radius 2 is 1.57 bits per heavy atom. The number of nitrogens with one attached hydrogen (secondary N) is 1. The van der Waals surface area contributed by atoms with E-state index in [1.54, 1.807) is 24.3 Å². The van der Waals surface area contributed by atoms with E-state index in [2.05, 4.69) is 27.5 Å². The predicted molar refractivity (Wildman–Crippen MR) is 154 cm³/mol. The van der Waals surface area contributed by atoms with Gasteiger partial charge in [0.15, 0.2) is 0 Å². The first-order valence-electron chi connectivity index (χ1n) is 14.0. The van der Waals surface area contributed by atoms with Crippen molar-refractivity contribution in [3.05, 3.63) is 64.7 Å².